The van der Waals surface area contributed by atoms with Crippen molar-refractivity contribution in [2.24, 2.45) is 16.2 Å². The molecule has 1 aliphatic rings. The van der Waals surface area contributed by atoms with Gasteiger partial charge in [0.2, 0.25) is 0 Å². The normalized spacial score (nSPS) is 30.1. The zero-order chi connectivity index (χ0) is 13.5. The van der Waals surface area contributed by atoms with Gasteiger partial charge in [-0.25, -0.2) is 0 Å². The molecule has 96 valence electrons. The largest absolute Gasteiger partial charge is 0.388 e. The number of hydrogen-bond acceptors (Lipinski definition) is 2. The van der Waals surface area contributed by atoms with Crippen molar-refractivity contribution in [3.8, 4) is 0 Å². The van der Waals surface area contributed by atoms with E-state index >= 15 is 0 Å². The van der Waals surface area contributed by atoms with Crippen molar-refractivity contribution in [1.29, 1.82) is 0 Å². The van der Waals surface area contributed by atoms with Crippen LogP contribution in [0.25, 0.3) is 0 Å². The predicted octanol–water partition coefficient (Wildman–Crippen LogP) is 3.12. The molecule has 0 fully saturated rings. The molecule has 0 radical (unpaired) electrons. The molecule has 2 unspecified atom stereocenters. The molecule has 0 aromatic carbocycles. The van der Waals surface area contributed by atoms with Crippen molar-refractivity contribution in [2.45, 2.75) is 47.6 Å². The van der Waals surface area contributed by atoms with Crippen LogP contribution in [0.4, 0.5) is 0 Å². The van der Waals surface area contributed by atoms with Crippen LogP contribution in [-0.2, 0) is 4.79 Å². The van der Waals surface area contributed by atoms with Gasteiger partial charge < -0.3 is 9.90 Å². The third-order valence-corrected chi connectivity index (χ3v) is 3.70. The summed E-state index contributed by atoms with van der Waals surface area (Å²) in [6.45, 7) is 12.3. The second-order valence-electron chi connectivity index (χ2n) is 6.95. The maximum Gasteiger partial charge on any atom is 0.133 e. The third kappa shape index (κ3) is 2.37. The fourth-order valence-corrected chi connectivity index (χ4v) is 2.15. The lowest BCUT2D eigenvalue weighted by Crippen LogP contribution is -2.46. The first-order valence-corrected chi connectivity index (χ1v) is 6.10. The molecular weight excluding hydrogens is 212 g/mol. The summed E-state index contributed by atoms with van der Waals surface area (Å²) in [5.41, 5.74) is -0.0551. The van der Waals surface area contributed by atoms with Gasteiger partial charge in [0.1, 0.15) is 6.29 Å². The lowest BCUT2D eigenvalue weighted by molar-refractivity contribution is -0.124. The predicted molar refractivity (Wildman–Crippen MR) is 70.6 cm³/mol. The van der Waals surface area contributed by atoms with Gasteiger partial charge in [0.05, 0.1) is 11.5 Å². The Kier molecular flexibility index (Phi) is 3.41. The van der Waals surface area contributed by atoms with Crippen molar-refractivity contribution in [3.05, 3.63) is 23.8 Å². The van der Waals surface area contributed by atoms with Gasteiger partial charge in [0.15, 0.2) is 0 Å². The number of aliphatic hydroxyl groups is 1. The average molecular weight is 236 g/mol. The van der Waals surface area contributed by atoms with Crippen molar-refractivity contribution in [2.75, 3.05) is 0 Å². The number of allylic oxidation sites excluding steroid dienone is 2. The van der Waals surface area contributed by atoms with Crippen LogP contribution >= 0.6 is 0 Å². The average Bonchev–Trinajstić information content (AvgIpc) is 2.14. The van der Waals surface area contributed by atoms with Crippen LogP contribution in [0.3, 0.4) is 0 Å². The number of aldehydes is 1. The number of hydrogen-bond donors (Lipinski definition) is 1. The zero-order valence-electron chi connectivity index (χ0n) is 11.7. The van der Waals surface area contributed by atoms with Gasteiger partial charge in [-0.15, -0.1) is 0 Å². The molecule has 1 rings (SSSR count). The molecule has 17 heavy (non-hydrogen) atoms. The monoisotopic (exact) mass is 236 g/mol. The minimum atomic E-state index is -0.829. The Labute approximate surface area is 104 Å². The molecule has 0 aliphatic heterocycles. The molecule has 1 aliphatic carbocycles. The minimum Gasteiger partial charge on any atom is -0.388 e. The lowest BCUT2D eigenvalue weighted by atomic mass is 9.60. The molecule has 0 aromatic rings. The van der Waals surface area contributed by atoms with E-state index in [0.29, 0.717) is 0 Å². The third-order valence-electron chi connectivity index (χ3n) is 3.70. The number of carbonyl (C=O) groups is 1. The van der Waals surface area contributed by atoms with E-state index in [0.717, 1.165) is 11.9 Å². The Morgan fingerprint density at radius 3 is 2.12 bits per heavy atom. The van der Waals surface area contributed by atoms with Crippen LogP contribution in [0.15, 0.2) is 23.8 Å². The summed E-state index contributed by atoms with van der Waals surface area (Å²) in [7, 11) is 0. The van der Waals surface area contributed by atoms with Crippen molar-refractivity contribution in [1.82, 2.24) is 0 Å². The summed E-state index contributed by atoms with van der Waals surface area (Å²) in [5.74, 6) is 0. The highest BCUT2D eigenvalue weighted by molar-refractivity contribution is 5.68. The van der Waals surface area contributed by atoms with Crippen molar-refractivity contribution >= 4 is 6.29 Å². The van der Waals surface area contributed by atoms with Gasteiger partial charge >= 0.3 is 0 Å². The Balaban J connectivity index is 3.36. The van der Waals surface area contributed by atoms with Crippen LogP contribution in [-0.4, -0.2) is 17.5 Å². The maximum absolute atomic E-state index is 11.6. The molecule has 0 spiro atoms. The Bertz CT molecular complexity index is 363. The molecule has 1 N–H and O–H groups in total. The fourth-order valence-electron chi connectivity index (χ4n) is 2.15. The lowest BCUT2D eigenvalue weighted by Gasteiger charge is -2.44. The second-order valence-corrected chi connectivity index (χ2v) is 6.95. The molecule has 0 bridgehead atoms. The molecule has 0 saturated carbocycles. The molecular formula is C15H24O2. The first-order valence-electron chi connectivity index (χ1n) is 6.10. The number of aliphatic hydroxyl groups excluding tert-OH is 1. The fraction of sp³-hybridized carbons (Fsp3) is 0.667. The highest BCUT2D eigenvalue weighted by Crippen LogP contribution is 2.46. The van der Waals surface area contributed by atoms with E-state index in [9.17, 15) is 9.90 Å². The summed E-state index contributed by atoms with van der Waals surface area (Å²) in [5, 5.41) is 10.2. The molecule has 0 amide bonds. The molecule has 2 atom stereocenters. The van der Waals surface area contributed by atoms with E-state index in [1.807, 2.05) is 32.9 Å². The van der Waals surface area contributed by atoms with Gasteiger partial charge in [-0.05, 0) is 16.4 Å². The van der Waals surface area contributed by atoms with Gasteiger partial charge in [-0.2, -0.15) is 0 Å². The van der Waals surface area contributed by atoms with Gasteiger partial charge in [0, 0.05) is 0 Å². The summed E-state index contributed by atoms with van der Waals surface area (Å²) in [4.78, 5) is 11.6. The van der Waals surface area contributed by atoms with Gasteiger partial charge in [-0.1, -0.05) is 59.8 Å². The van der Waals surface area contributed by atoms with Crippen LogP contribution in [0.1, 0.15) is 41.5 Å². The maximum atomic E-state index is 11.6. The molecule has 2 nitrogen and oxygen atoms in total. The van der Waals surface area contributed by atoms with Crippen LogP contribution in [0, 0.1) is 16.2 Å². The first-order chi connectivity index (χ1) is 7.54. The standard InChI is InChI=1S/C15H24O2/c1-13(2,3)11-7-8-12(17)15(9-11,10-16)14(4,5)6/h7-10,12,17H,1-6H3. The smallest absolute Gasteiger partial charge is 0.133 e. The van der Waals surface area contributed by atoms with Gasteiger partial charge in [-0.3, -0.25) is 0 Å². The quantitative estimate of drug-likeness (QED) is 0.710. The molecule has 0 heterocycles. The van der Waals surface area contributed by atoms with E-state index in [1.165, 1.54) is 0 Å². The highest BCUT2D eigenvalue weighted by atomic mass is 16.3. The minimum absolute atomic E-state index is 0.0177. The number of rotatable bonds is 1. The van der Waals surface area contributed by atoms with E-state index in [2.05, 4.69) is 20.8 Å². The summed E-state index contributed by atoms with van der Waals surface area (Å²) in [6.07, 6.45) is 5.77. The Hall–Kier alpha value is -0.890. The first kappa shape index (κ1) is 14.2. The van der Waals surface area contributed by atoms with Gasteiger partial charge in [0.25, 0.3) is 0 Å². The highest BCUT2D eigenvalue weighted by Gasteiger charge is 2.47. The van der Waals surface area contributed by atoms with Crippen molar-refractivity contribution in [3.63, 3.8) is 0 Å². The molecule has 2 heteroatoms. The topological polar surface area (TPSA) is 37.3 Å². The van der Waals surface area contributed by atoms with Crippen LogP contribution in [0.2, 0.25) is 0 Å². The number of carbonyl (C=O) groups excluding carboxylic acids is 1. The van der Waals surface area contributed by atoms with E-state index < -0.39 is 11.5 Å². The Morgan fingerprint density at radius 1 is 1.24 bits per heavy atom. The SMILES string of the molecule is CC(C)(C)C1=CC(C=O)(C(C)(C)C)C(O)C=C1. The summed E-state index contributed by atoms with van der Waals surface area (Å²) < 4.78 is 0. The van der Waals surface area contributed by atoms with Crippen LogP contribution < -0.4 is 0 Å². The second kappa shape index (κ2) is 4.09. The van der Waals surface area contributed by atoms with Crippen molar-refractivity contribution < 1.29 is 9.90 Å². The van der Waals surface area contributed by atoms with E-state index in [4.69, 9.17) is 0 Å². The molecule has 0 saturated heterocycles. The summed E-state index contributed by atoms with van der Waals surface area (Å²) >= 11 is 0. The van der Waals surface area contributed by atoms with Crippen LogP contribution in [0.5, 0.6) is 0 Å². The zero-order valence-corrected chi connectivity index (χ0v) is 11.7. The Morgan fingerprint density at radius 2 is 1.76 bits per heavy atom. The summed E-state index contributed by atoms with van der Waals surface area (Å²) in [6, 6.07) is 0. The molecule has 0 aromatic heterocycles. The van der Waals surface area contributed by atoms with E-state index in [-0.39, 0.29) is 10.8 Å². The van der Waals surface area contributed by atoms with E-state index in [1.54, 1.807) is 6.08 Å².